The Labute approximate surface area is 212 Å². The lowest BCUT2D eigenvalue weighted by Crippen LogP contribution is -2.29. The Morgan fingerprint density at radius 1 is 0.750 bits per heavy atom. The van der Waals surface area contributed by atoms with Crippen molar-refractivity contribution in [3.8, 4) is 0 Å². The summed E-state index contributed by atoms with van der Waals surface area (Å²) in [7, 11) is 0. The van der Waals surface area contributed by atoms with Crippen LogP contribution in [0.4, 0.5) is 5.69 Å². The molecular formula is C32H30N2O2. The van der Waals surface area contributed by atoms with Crippen LogP contribution in [0.15, 0.2) is 115 Å². The van der Waals surface area contributed by atoms with Crippen molar-refractivity contribution in [2.24, 2.45) is 0 Å². The Bertz CT molecular complexity index is 1310. The van der Waals surface area contributed by atoms with E-state index in [0.29, 0.717) is 13.1 Å². The topological polar surface area (TPSA) is 49.4 Å². The van der Waals surface area contributed by atoms with Crippen molar-refractivity contribution in [2.45, 2.75) is 26.4 Å². The zero-order chi connectivity index (χ0) is 25.2. The molecule has 0 spiro atoms. The highest BCUT2D eigenvalue weighted by Gasteiger charge is 2.15. The molecule has 0 heterocycles. The van der Waals surface area contributed by atoms with E-state index < -0.39 is 0 Å². The van der Waals surface area contributed by atoms with Gasteiger partial charge in [0.2, 0.25) is 5.91 Å². The summed E-state index contributed by atoms with van der Waals surface area (Å²) in [5.74, 6) is -0.140. The van der Waals surface area contributed by atoms with Gasteiger partial charge in [0.15, 0.2) is 0 Å². The highest BCUT2D eigenvalue weighted by molar-refractivity contribution is 6.03. The van der Waals surface area contributed by atoms with E-state index in [1.807, 2.05) is 116 Å². The van der Waals surface area contributed by atoms with Gasteiger partial charge in [-0.2, -0.15) is 0 Å². The van der Waals surface area contributed by atoms with Crippen LogP contribution in [0.5, 0.6) is 0 Å². The Balaban J connectivity index is 1.47. The first-order valence-electron chi connectivity index (χ1n) is 12.1. The van der Waals surface area contributed by atoms with E-state index in [1.54, 1.807) is 11.0 Å². The Morgan fingerprint density at radius 3 is 2.11 bits per heavy atom. The largest absolute Gasteiger partial charge is 0.352 e. The van der Waals surface area contributed by atoms with Crippen LogP contribution < -0.4 is 10.2 Å². The first-order valence-corrected chi connectivity index (χ1v) is 12.1. The molecular weight excluding hydrogens is 444 g/mol. The number of benzene rings is 4. The summed E-state index contributed by atoms with van der Waals surface area (Å²) in [6.45, 7) is 3.00. The second kappa shape index (κ2) is 12.3. The van der Waals surface area contributed by atoms with Gasteiger partial charge in [-0.15, -0.1) is 0 Å². The lowest BCUT2D eigenvalue weighted by molar-refractivity contribution is -0.120. The van der Waals surface area contributed by atoms with Crippen molar-refractivity contribution in [3.05, 3.63) is 143 Å². The second-order valence-electron chi connectivity index (χ2n) is 8.76. The van der Waals surface area contributed by atoms with Gasteiger partial charge in [0.1, 0.15) is 0 Å². The van der Waals surface area contributed by atoms with Gasteiger partial charge in [-0.3, -0.25) is 9.59 Å². The smallest absolute Gasteiger partial charge is 0.251 e. The minimum absolute atomic E-state index is 0.0370. The summed E-state index contributed by atoms with van der Waals surface area (Å²) in [5, 5.41) is 2.96. The average molecular weight is 475 g/mol. The van der Waals surface area contributed by atoms with E-state index in [0.717, 1.165) is 33.5 Å². The van der Waals surface area contributed by atoms with Gasteiger partial charge in [-0.1, -0.05) is 103 Å². The average Bonchev–Trinajstić information content (AvgIpc) is 2.91. The second-order valence-corrected chi connectivity index (χ2v) is 8.76. The zero-order valence-electron chi connectivity index (χ0n) is 20.4. The maximum absolute atomic E-state index is 13.3. The van der Waals surface area contributed by atoms with Crippen LogP contribution in [0.25, 0.3) is 6.08 Å². The third-order valence-corrected chi connectivity index (χ3v) is 5.85. The van der Waals surface area contributed by atoms with Crippen LogP contribution in [0.3, 0.4) is 0 Å². The molecule has 4 heteroatoms. The van der Waals surface area contributed by atoms with E-state index in [9.17, 15) is 9.59 Å². The molecule has 0 aromatic heterocycles. The molecule has 180 valence electrons. The fourth-order valence-electron chi connectivity index (χ4n) is 3.95. The molecule has 0 unspecified atom stereocenters. The third-order valence-electron chi connectivity index (χ3n) is 5.85. The van der Waals surface area contributed by atoms with Crippen LogP contribution in [0.2, 0.25) is 0 Å². The zero-order valence-corrected chi connectivity index (χ0v) is 20.4. The fourth-order valence-corrected chi connectivity index (χ4v) is 3.95. The molecule has 1 N–H and O–H groups in total. The lowest BCUT2D eigenvalue weighted by Gasteiger charge is -2.22. The van der Waals surface area contributed by atoms with Crippen molar-refractivity contribution >= 4 is 23.6 Å². The number of amides is 2. The quantitative estimate of drug-likeness (QED) is 0.298. The van der Waals surface area contributed by atoms with Crippen molar-refractivity contribution in [2.75, 3.05) is 4.90 Å². The van der Waals surface area contributed by atoms with Gasteiger partial charge < -0.3 is 10.2 Å². The van der Waals surface area contributed by atoms with Crippen LogP contribution >= 0.6 is 0 Å². The minimum Gasteiger partial charge on any atom is -0.352 e. The van der Waals surface area contributed by atoms with E-state index >= 15 is 0 Å². The van der Waals surface area contributed by atoms with Crippen LogP contribution in [0.1, 0.15) is 27.8 Å². The predicted octanol–water partition coefficient (Wildman–Crippen LogP) is 6.10. The highest BCUT2D eigenvalue weighted by Crippen LogP contribution is 2.20. The third kappa shape index (κ3) is 7.28. The Hall–Kier alpha value is -4.44. The molecule has 36 heavy (non-hydrogen) atoms. The molecule has 0 aliphatic carbocycles. The molecule has 0 aliphatic rings. The molecule has 0 radical (unpaired) electrons. The number of anilines is 1. The number of hydrogen-bond donors (Lipinski definition) is 1. The van der Waals surface area contributed by atoms with Crippen molar-refractivity contribution in [1.82, 2.24) is 5.32 Å². The van der Waals surface area contributed by atoms with Crippen molar-refractivity contribution in [3.63, 3.8) is 0 Å². The number of nitrogens with one attached hydrogen (secondary N) is 1. The normalized spacial score (nSPS) is 10.8. The number of carbonyl (C=O) groups is 2. The van der Waals surface area contributed by atoms with E-state index in [4.69, 9.17) is 0 Å². The predicted molar refractivity (Wildman–Crippen MR) is 146 cm³/mol. The number of aryl methyl sites for hydroxylation is 1. The van der Waals surface area contributed by atoms with E-state index in [1.165, 1.54) is 0 Å². The van der Waals surface area contributed by atoms with Gasteiger partial charge in [-0.25, -0.2) is 0 Å². The fraction of sp³-hybridized carbons (Fsp3) is 0.125. The number of rotatable bonds is 9. The number of hydrogen-bond acceptors (Lipinski definition) is 2. The maximum atomic E-state index is 13.3. The van der Waals surface area contributed by atoms with Crippen LogP contribution in [-0.2, 0) is 29.1 Å². The molecule has 4 nitrogen and oxygen atoms in total. The number of carbonyl (C=O) groups excluding carboxylic acids is 2. The highest BCUT2D eigenvalue weighted by atomic mass is 16.2. The molecule has 4 rings (SSSR count). The van der Waals surface area contributed by atoms with Crippen molar-refractivity contribution in [1.29, 1.82) is 0 Å². The van der Waals surface area contributed by atoms with Gasteiger partial charge in [0.05, 0.1) is 13.0 Å². The minimum atomic E-state index is -0.103. The molecule has 0 aliphatic heterocycles. The molecule has 0 saturated heterocycles. The van der Waals surface area contributed by atoms with Gasteiger partial charge in [0.25, 0.3) is 5.91 Å². The SMILES string of the molecule is Cc1cccc(CN(C(=O)/C=C/c2ccccc2)c2ccc(CC(=O)NCc3ccccc3)cc2)c1. The van der Waals surface area contributed by atoms with Crippen LogP contribution in [0, 0.1) is 6.92 Å². The van der Waals surface area contributed by atoms with Crippen LogP contribution in [-0.4, -0.2) is 11.8 Å². The first-order chi connectivity index (χ1) is 17.6. The molecule has 0 fully saturated rings. The Kier molecular flexibility index (Phi) is 8.44. The molecule has 0 atom stereocenters. The maximum Gasteiger partial charge on any atom is 0.251 e. The lowest BCUT2D eigenvalue weighted by atomic mass is 10.1. The molecule has 2 amide bonds. The standard InChI is InChI=1S/C32H30N2O2/c1-25-9-8-14-29(21-25)24-34(32(36)20-17-26-10-4-2-5-11-26)30-18-15-27(16-19-30)22-31(35)33-23-28-12-6-3-7-13-28/h2-21H,22-24H2,1H3,(H,33,35)/b20-17+. The van der Waals surface area contributed by atoms with Crippen molar-refractivity contribution < 1.29 is 9.59 Å². The summed E-state index contributed by atoms with van der Waals surface area (Å²) in [4.78, 5) is 27.4. The summed E-state index contributed by atoms with van der Waals surface area (Å²) in [6, 6.07) is 35.4. The molecule has 4 aromatic rings. The number of nitrogens with zero attached hydrogens (tertiary/aromatic N) is 1. The van der Waals surface area contributed by atoms with Gasteiger partial charge in [0, 0.05) is 18.3 Å². The first kappa shape index (κ1) is 24.7. The Morgan fingerprint density at radius 2 is 1.42 bits per heavy atom. The summed E-state index contributed by atoms with van der Waals surface area (Å²) < 4.78 is 0. The van der Waals surface area contributed by atoms with Gasteiger partial charge in [-0.05, 0) is 47.4 Å². The molecule has 0 saturated carbocycles. The van der Waals surface area contributed by atoms with E-state index in [2.05, 4.69) is 11.4 Å². The molecule has 0 bridgehead atoms. The summed E-state index contributed by atoms with van der Waals surface area (Å²) in [6.07, 6.45) is 3.72. The summed E-state index contributed by atoms with van der Waals surface area (Å²) in [5.41, 5.74) is 5.92. The van der Waals surface area contributed by atoms with E-state index in [-0.39, 0.29) is 18.2 Å². The summed E-state index contributed by atoms with van der Waals surface area (Å²) >= 11 is 0. The monoisotopic (exact) mass is 474 g/mol. The van der Waals surface area contributed by atoms with Gasteiger partial charge >= 0.3 is 0 Å². The molecule has 4 aromatic carbocycles.